The number of benzene rings is 2. The summed E-state index contributed by atoms with van der Waals surface area (Å²) < 4.78 is 11.0. The van der Waals surface area contributed by atoms with Gasteiger partial charge < -0.3 is 14.6 Å². The smallest absolute Gasteiger partial charge is 0.167 e. The molecule has 0 spiro atoms. The van der Waals surface area contributed by atoms with E-state index in [0.29, 0.717) is 45.7 Å². The van der Waals surface area contributed by atoms with Gasteiger partial charge in [-0.25, -0.2) is 15.0 Å². The van der Waals surface area contributed by atoms with Gasteiger partial charge in [0.15, 0.2) is 17.5 Å². The van der Waals surface area contributed by atoms with Gasteiger partial charge in [0.1, 0.15) is 17.3 Å². The Morgan fingerprint density at radius 2 is 1.37 bits per heavy atom. The molecule has 6 nitrogen and oxygen atoms in total. The van der Waals surface area contributed by atoms with Crippen molar-refractivity contribution in [1.29, 1.82) is 0 Å². The van der Waals surface area contributed by atoms with Gasteiger partial charge in [-0.3, -0.25) is 0 Å². The Hall–Kier alpha value is -3.93. The Labute approximate surface area is 175 Å². The molecule has 1 N–H and O–H groups in total. The maximum Gasteiger partial charge on any atom is 0.167 e. The highest BCUT2D eigenvalue weighted by Crippen LogP contribution is 2.32. The summed E-state index contributed by atoms with van der Waals surface area (Å²) >= 11 is 0. The second-order valence-electron chi connectivity index (χ2n) is 6.30. The van der Waals surface area contributed by atoms with Gasteiger partial charge in [-0.15, -0.1) is 0 Å². The van der Waals surface area contributed by atoms with E-state index in [1.54, 1.807) is 39.4 Å². The average Bonchev–Trinajstić information content (AvgIpc) is 2.78. The van der Waals surface area contributed by atoms with Crippen molar-refractivity contribution in [3.63, 3.8) is 0 Å². The minimum Gasteiger partial charge on any atom is -0.512 e. The van der Waals surface area contributed by atoms with Crippen LogP contribution in [-0.2, 0) is 0 Å². The van der Waals surface area contributed by atoms with Gasteiger partial charge >= 0.3 is 0 Å². The first-order chi connectivity index (χ1) is 14.6. The Morgan fingerprint density at radius 3 is 1.80 bits per heavy atom. The number of methoxy groups -OCH3 is 2. The Morgan fingerprint density at radius 1 is 0.867 bits per heavy atom. The SMILES string of the molecule is C=C/C=C\C(=C(/C)O)c1nc(-c2ccccc2OC)nc(-c2ccccc2OC)n1. The van der Waals surface area contributed by atoms with E-state index in [0.717, 1.165) is 0 Å². The van der Waals surface area contributed by atoms with Crippen molar-refractivity contribution in [2.45, 2.75) is 6.92 Å². The first kappa shape index (κ1) is 20.8. The Balaban J connectivity index is 2.32. The maximum absolute atomic E-state index is 10.3. The van der Waals surface area contributed by atoms with Crippen LogP contribution in [0, 0.1) is 0 Å². The van der Waals surface area contributed by atoms with E-state index in [2.05, 4.69) is 21.5 Å². The molecule has 3 aromatic rings. The third-order valence-electron chi connectivity index (χ3n) is 4.36. The molecule has 0 atom stereocenters. The standard InChI is InChI=1S/C24H23N3O3/c1-5-6-11-17(16(2)28)22-25-23(18-12-7-9-14-20(18)29-3)27-24(26-22)19-13-8-10-15-21(19)30-4/h5-15,28H,1H2,2-4H3/b11-6-,17-16-. The predicted octanol–water partition coefficient (Wildman–Crippen LogP) is 5.25. The van der Waals surface area contributed by atoms with Crippen LogP contribution >= 0.6 is 0 Å². The number of aliphatic hydroxyl groups excluding tert-OH is 1. The zero-order valence-electron chi connectivity index (χ0n) is 17.2. The van der Waals surface area contributed by atoms with E-state index in [9.17, 15) is 5.11 Å². The van der Waals surface area contributed by atoms with E-state index >= 15 is 0 Å². The topological polar surface area (TPSA) is 77.4 Å². The van der Waals surface area contributed by atoms with E-state index in [-0.39, 0.29) is 5.76 Å². The summed E-state index contributed by atoms with van der Waals surface area (Å²) in [6.07, 6.45) is 5.03. The molecule has 2 aromatic carbocycles. The van der Waals surface area contributed by atoms with Crippen LogP contribution < -0.4 is 9.47 Å². The summed E-state index contributed by atoms with van der Waals surface area (Å²) in [6.45, 7) is 5.27. The van der Waals surface area contributed by atoms with Crippen molar-refractivity contribution in [3.8, 4) is 34.3 Å². The highest BCUT2D eigenvalue weighted by molar-refractivity contribution is 5.76. The zero-order valence-corrected chi connectivity index (χ0v) is 17.2. The van der Waals surface area contributed by atoms with Crippen LogP contribution in [0.4, 0.5) is 0 Å². The van der Waals surface area contributed by atoms with Crippen LogP contribution in [-0.4, -0.2) is 34.3 Å². The van der Waals surface area contributed by atoms with Gasteiger partial charge in [-0.2, -0.15) is 0 Å². The fourth-order valence-corrected chi connectivity index (χ4v) is 2.92. The molecule has 0 bridgehead atoms. The molecule has 0 aliphatic heterocycles. The summed E-state index contributed by atoms with van der Waals surface area (Å²) in [7, 11) is 3.19. The van der Waals surface area contributed by atoms with Crippen molar-refractivity contribution in [2.24, 2.45) is 0 Å². The number of aromatic nitrogens is 3. The minimum atomic E-state index is 0.0799. The number of hydrogen-bond donors (Lipinski definition) is 1. The second-order valence-corrected chi connectivity index (χ2v) is 6.30. The largest absolute Gasteiger partial charge is 0.512 e. The molecular weight excluding hydrogens is 378 g/mol. The highest BCUT2D eigenvalue weighted by Gasteiger charge is 2.18. The summed E-state index contributed by atoms with van der Waals surface area (Å²) in [6, 6.07) is 15.0. The molecule has 152 valence electrons. The molecule has 0 radical (unpaired) electrons. The van der Waals surface area contributed by atoms with Gasteiger partial charge in [-0.1, -0.05) is 43.0 Å². The highest BCUT2D eigenvalue weighted by atomic mass is 16.5. The maximum atomic E-state index is 10.3. The fourth-order valence-electron chi connectivity index (χ4n) is 2.92. The van der Waals surface area contributed by atoms with Gasteiger partial charge in [0, 0.05) is 0 Å². The lowest BCUT2D eigenvalue weighted by Gasteiger charge is -2.12. The van der Waals surface area contributed by atoms with E-state index in [1.165, 1.54) is 0 Å². The molecule has 1 aromatic heterocycles. The molecule has 3 rings (SSSR count). The van der Waals surface area contributed by atoms with Crippen LogP contribution in [0.15, 0.2) is 79.1 Å². The third-order valence-corrected chi connectivity index (χ3v) is 4.36. The van der Waals surface area contributed by atoms with E-state index in [4.69, 9.17) is 9.47 Å². The van der Waals surface area contributed by atoms with Crippen LogP contribution in [0.25, 0.3) is 28.3 Å². The number of allylic oxidation sites excluding steroid dienone is 5. The number of nitrogens with zero attached hydrogens (tertiary/aromatic N) is 3. The van der Waals surface area contributed by atoms with Crippen molar-refractivity contribution in [3.05, 3.63) is 84.9 Å². The minimum absolute atomic E-state index is 0.0799. The molecule has 30 heavy (non-hydrogen) atoms. The Bertz CT molecular complexity index is 1050. The lowest BCUT2D eigenvalue weighted by Crippen LogP contribution is -2.04. The molecule has 0 fully saturated rings. The summed E-state index contributed by atoms with van der Waals surface area (Å²) in [4.78, 5) is 13.9. The van der Waals surface area contributed by atoms with Crippen molar-refractivity contribution in [1.82, 2.24) is 15.0 Å². The number of aliphatic hydroxyl groups is 1. The number of ether oxygens (including phenoxy) is 2. The van der Waals surface area contributed by atoms with Crippen LogP contribution in [0.5, 0.6) is 11.5 Å². The van der Waals surface area contributed by atoms with Crippen LogP contribution in [0.2, 0.25) is 0 Å². The first-order valence-electron chi connectivity index (χ1n) is 9.31. The van der Waals surface area contributed by atoms with E-state index in [1.807, 2.05) is 48.5 Å². The first-order valence-corrected chi connectivity index (χ1v) is 9.31. The molecule has 0 aliphatic rings. The molecule has 1 heterocycles. The number of hydrogen-bond acceptors (Lipinski definition) is 6. The molecule has 0 saturated carbocycles. The summed E-state index contributed by atoms with van der Waals surface area (Å²) in [5.41, 5.74) is 1.88. The molecule has 6 heteroatoms. The van der Waals surface area contributed by atoms with Gasteiger partial charge in [0.05, 0.1) is 30.9 Å². The van der Waals surface area contributed by atoms with Crippen LogP contribution in [0.1, 0.15) is 12.7 Å². The van der Waals surface area contributed by atoms with Crippen molar-refractivity contribution in [2.75, 3.05) is 14.2 Å². The normalized spacial score (nSPS) is 11.8. The predicted molar refractivity (Wildman–Crippen MR) is 118 cm³/mol. The molecule has 0 amide bonds. The number of rotatable bonds is 7. The van der Waals surface area contributed by atoms with Gasteiger partial charge in [0.25, 0.3) is 0 Å². The van der Waals surface area contributed by atoms with Gasteiger partial charge in [-0.05, 0) is 37.3 Å². The lowest BCUT2D eigenvalue weighted by atomic mass is 10.1. The average molecular weight is 401 g/mol. The Kier molecular flexibility index (Phi) is 6.60. The van der Waals surface area contributed by atoms with E-state index < -0.39 is 0 Å². The zero-order chi connectivity index (χ0) is 21.5. The second kappa shape index (κ2) is 9.52. The monoisotopic (exact) mass is 401 g/mol. The molecular formula is C24H23N3O3. The van der Waals surface area contributed by atoms with Crippen LogP contribution in [0.3, 0.4) is 0 Å². The molecule has 0 unspecified atom stereocenters. The summed E-state index contributed by atoms with van der Waals surface area (Å²) in [5.74, 6) is 2.51. The lowest BCUT2D eigenvalue weighted by molar-refractivity contribution is 0.415. The quantitative estimate of drug-likeness (QED) is 0.430. The fraction of sp³-hybridized carbons (Fsp3) is 0.125. The van der Waals surface area contributed by atoms with Crippen molar-refractivity contribution >= 4 is 5.57 Å². The summed E-state index contributed by atoms with van der Waals surface area (Å²) in [5, 5.41) is 10.3. The third kappa shape index (κ3) is 4.38. The molecule has 0 saturated heterocycles. The number of para-hydroxylation sites is 2. The van der Waals surface area contributed by atoms with Crippen molar-refractivity contribution < 1.29 is 14.6 Å². The molecule has 0 aliphatic carbocycles. The van der Waals surface area contributed by atoms with Gasteiger partial charge in [0.2, 0.25) is 0 Å².